The molecular formula is C20H23BrN2O3. The van der Waals surface area contributed by atoms with Gasteiger partial charge in [-0.3, -0.25) is 0 Å². The number of rotatable bonds is 3. The van der Waals surface area contributed by atoms with Crippen LogP contribution in [0.2, 0.25) is 0 Å². The van der Waals surface area contributed by atoms with E-state index < -0.39 is 5.79 Å². The molecule has 2 N–H and O–H groups in total. The number of hydrogen-bond acceptors (Lipinski definition) is 3. The van der Waals surface area contributed by atoms with Crippen LogP contribution in [0, 0.1) is 6.92 Å². The Morgan fingerprint density at radius 3 is 2.62 bits per heavy atom. The van der Waals surface area contributed by atoms with Crippen LogP contribution in [0.5, 0.6) is 0 Å². The quantitative estimate of drug-likeness (QED) is 0.754. The first-order valence-electron chi connectivity index (χ1n) is 8.54. The molecule has 0 spiro atoms. The highest BCUT2D eigenvalue weighted by atomic mass is 79.9. The summed E-state index contributed by atoms with van der Waals surface area (Å²) < 4.78 is 12.7. The Morgan fingerprint density at radius 2 is 1.92 bits per heavy atom. The lowest BCUT2D eigenvalue weighted by Gasteiger charge is -2.41. The Labute approximate surface area is 162 Å². The zero-order chi connectivity index (χ0) is 18.7. The monoisotopic (exact) mass is 418 g/mol. The first-order chi connectivity index (χ1) is 12.3. The number of aryl methyl sites for hydroxylation is 1. The summed E-state index contributed by atoms with van der Waals surface area (Å²) in [5.41, 5.74) is 2.83. The van der Waals surface area contributed by atoms with E-state index in [1.165, 1.54) is 0 Å². The summed E-state index contributed by atoms with van der Waals surface area (Å²) in [6.45, 7) is 6.12. The molecule has 6 heteroatoms. The van der Waals surface area contributed by atoms with E-state index >= 15 is 0 Å². The molecule has 0 saturated carbocycles. The third-order valence-electron chi connectivity index (χ3n) is 4.20. The molecule has 26 heavy (non-hydrogen) atoms. The second-order valence-corrected chi connectivity index (χ2v) is 7.70. The van der Waals surface area contributed by atoms with Crippen LogP contribution in [-0.2, 0) is 9.47 Å². The molecular weight excluding hydrogens is 396 g/mol. The molecule has 0 radical (unpaired) electrons. The van der Waals surface area contributed by atoms with Gasteiger partial charge in [0.25, 0.3) is 0 Å². The molecule has 0 aromatic heterocycles. The number of benzene rings is 2. The highest BCUT2D eigenvalue weighted by Gasteiger charge is 2.38. The van der Waals surface area contributed by atoms with Crippen molar-refractivity contribution in [2.45, 2.75) is 38.7 Å². The molecule has 2 atom stereocenters. The van der Waals surface area contributed by atoms with E-state index in [-0.39, 0.29) is 18.2 Å². The number of nitrogens with one attached hydrogen (secondary N) is 2. The summed E-state index contributed by atoms with van der Waals surface area (Å²) in [5.74, 6) is -0.699. The van der Waals surface area contributed by atoms with Crippen LogP contribution in [0.4, 0.5) is 10.5 Å². The normalized spacial score (nSPS) is 21.8. The van der Waals surface area contributed by atoms with Gasteiger partial charge in [-0.05, 0) is 60.0 Å². The van der Waals surface area contributed by atoms with Gasteiger partial charge in [0.15, 0.2) is 5.79 Å². The van der Waals surface area contributed by atoms with Crippen molar-refractivity contribution in [1.82, 2.24) is 5.32 Å². The number of anilines is 1. The van der Waals surface area contributed by atoms with E-state index in [1.807, 2.05) is 69.3 Å². The minimum absolute atomic E-state index is 0.285. The molecule has 5 nitrogen and oxygen atoms in total. The lowest BCUT2D eigenvalue weighted by Crippen LogP contribution is -2.52. The van der Waals surface area contributed by atoms with Crippen molar-refractivity contribution in [2.75, 3.05) is 11.9 Å². The van der Waals surface area contributed by atoms with E-state index in [9.17, 15) is 4.79 Å². The number of halogens is 1. The summed E-state index contributed by atoms with van der Waals surface area (Å²) in [6, 6.07) is 15.0. The molecule has 1 aliphatic rings. The number of carbonyl (C=O) groups excluding carboxylic acids is 1. The molecule has 1 heterocycles. The topological polar surface area (TPSA) is 59.6 Å². The second-order valence-electron chi connectivity index (χ2n) is 6.85. The highest BCUT2D eigenvalue weighted by molar-refractivity contribution is 9.10. The van der Waals surface area contributed by atoms with Crippen molar-refractivity contribution in [1.29, 1.82) is 0 Å². The zero-order valence-electron chi connectivity index (χ0n) is 15.1. The maximum Gasteiger partial charge on any atom is 0.319 e. The van der Waals surface area contributed by atoms with Gasteiger partial charge in [0, 0.05) is 4.47 Å². The van der Waals surface area contributed by atoms with Gasteiger partial charge >= 0.3 is 6.03 Å². The third kappa shape index (κ3) is 4.63. The Kier molecular flexibility index (Phi) is 5.65. The third-order valence-corrected chi connectivity index (χ3v) is 4.86. The van der Waals surface area contributed by atoms with Gasteiger partial charge in [0.05, 0.1) is 18.3 Å². The highest BCUT2D eigenvalue weighted by Crippen LogP contribution is 2.33. The summed E-state index contributed by atoms with van der Waals surface area (Å²) >= 11 is 3.47. The van der Waals surface area contributed by atoms with Gasteiger partial charge in [0.1, 0.15) is 6.10 Å². The molecule has 1 aliphatic heterocycles. The fraction of sp³-hybridized carbons (Fsp3) is 0.350. The van der Waals surface area contributed by atoms with Crippen LogP contribution in [0.1, 0.15) is 31.1 Å². The Balaban J connectivity index is 1.73. The minimum Gasteiger partial charge on any atom is -0.348 e. The van der Waals surface area contributed by atoms with Crippen molar-refractivity contribution < 1.29 is 14.3 Å². The molecule has 2 aromatic rings. The minimum atomic E-state index is -0.699. The summed E-state index contributed by atoms with van der Waals surface area (Å²) in [7, 11) is 0. The molecule has 0 aliphatic carbocycles. The average molecular weight is 419 g/mol. The van der Waals surface area contributed by atoms with Crippen LogP contribution >= 0.6 is 15.9 Å². The van der Waals surface area contributed by atoms with Crippen molar-refractivity contribution in [3.8, 4) is 0 Å². The van der Waals surface area contributed by atoms with Gasteiger partial charge in [-0.15, -0.1) is 0 Å². The van der Waals surface area contributed by atoms with Crippen LogP contribution in [-0.4, -0.2) is 24.5 Å². The van der Waals surface area contributed by atoms with Crippen molar-refractivity contribution in [3.05, 3.63) is 64.1 Å². The predicted octanol–water partition coefficient (Wildman–Crippen LogP) is 4.77. The number of hydrogen-bond donors (Lipinski definition) is 2. The summed E-state index contributed by atoms with van der Waals surface area (Å²) in [4.78, 5) is 12.5. The molecule has 1 saturated heterocycles. The van der Waals surface area contributed by atoms with E-state index in [0.29, 0.717) is 12.3 Å². The first-order valence-corrected chi connectivity index (χ1v) is 9.34. The molecule has 2 aromatic carbocycles. The van der Waals surface area contributed by atoms with E-state index in [1.54, 1.807) is 0 Å². The standard InChI is InChI=1S/C20H23BrN2O3/c1-13-9-10-16(15(21)11-13)22-19(24)23-17-12-25-20(2,3)26-18(17)14-7-5-4-6-8-14/h4-11,17-18H,12H2,1-3H3,(H2,22,23,24). The van der Waals surface area contributed by atoms with Crippen molar-refractivity contribution in [2.24, 2.45) is 0 Å². The van der Waals surface area contributed by atoms with E-state index in [4.69, 9.17) is 9.47 Å². The first kappa shape index (κ1) is 18.9. The zero-order valence-corrected chi connectivity index (χ0v) is 16.7. The maximum atomic E-state index is 12.5. The van der Waals surface area contributed by atoms with Crippen molar-refractivity contribution >= 4 is 27.6 Å². The van der Waals surface area contributed by atoms with Crippen LogP contribution in [0.25, 0.3) is 0 Å². The SMILES string of the molecule is Cc1ccc(NC(=O)NC2COC(C)(C)OC2c2ccccc2)c(Br)c1. The fourth-order valence-electron chi connectivity index (χ4n) is 2.91. The second kappa shape index (κ2) is 7.78. The number of amides is 2. The lowest BCUT2D eigenvalue weighted by molar-refractivity contribution is -0.284. The summed E-state index contributed by atoms with van der Waals surface area (Å²) in [6.07, 6.45) is -0.285. The molecule has 3 rings (SSSR count). The van der Waals surface area contributed by atoms with Gasteiger partial charge < -0.3 is 20.1 Å². The van der Waals surface area contributed by atoms with Crippen LogP contribution < -0.4 is 10.6 Å². The van der Waals surface area contributed by atoms with E-state index in [2.05, 4.69) is 26.6 Å². The Morgan fingerprint density at radius 1 is 1.19 bits per heavy atom. The number of carbonyl (C=O) groups is 1. The molecule has 138 valence electrons. The van der Waals surface area contributed by atoms with Crippen LogP contribution in [0.3, 0.4) is 0 Å². The summed E-state index contributed by atoms with van der Waals surface area (Å²) in [5, 5.41) is 5.84. The Hall–Kier alpha value is -1.89. The van der Waals surface area contributed by atoms with Crippen LogP contribution in [0.15, 0.2) is 53.0 Å². The Bertz CT molecular complexity index is 780. The smallest absolute Gasteiger partial charge is 0.319 e. The molecule has 1 fully saturated rings. The number of urea groups is 1. The molecule has 2 amide bonds. The molecule has 0 bridgehead atoms. The lowest BCUT2D eigenvalue weighted by atomic mass is 10.0. The maximum absolute atomic E-state index is 12.5. The largest absolute Gasteiger partial charge is 0.348 e. The van der Waals surface area contributed by atoms with Gasteiger partial charge in [-0.1, -0.05) is 36.4 Å². The van der Waals surface area contributed by atoms with Gasteiger partial charge in [-0.2, -0.15) is 0 Å². The average Bonchev–Trinajstić information content (AvgIpc) is 2.59. The molecule has 2 unspecified atom stereocenters. The predicted molar refractivity (Wildman–Crippen MR) is 105 cm³/mol. The van der Waals surface area contributed by atoms with Crippen molar-refractivity contribution in [3.63, 3.8) is 0 Å². The van der Waals surface area contributed by atoms with E-state index in [0.717, 1.165) is 15.6 Å². The number of ether oxygens (including phenoxy) is 2. The van der Waals surface area contributed by atoms with Gasteiger partial charge in [0.2, 0.25) is 0 Å². The van der Waals surface area contributed by atoms with Gasteiger partial charge in [-0.25, -0.2) is 4.79 Å². The fourth-order valence-corrected chi connectivity index (χ4v) is 3.50.